The lowest BCUT2D eigenvalue weighted by Crippen LogP contribution is -2.30. The van der Waals surface area contributed by atoms with Crippen LogP contribution in [0.15, 0.2) is 12.1 Å². The maximum atomic E-state index is 15.2. The minimum Gasteiger partial charge on any atom is -0.391 e. The molecule has 1 aromatic carbocycles. The van der Waals surface area contributed by atoms with Gasteiger partial charge in [-0.05, 0) is 62.3 Å². The Balaban J connectivity index is 1.63. The third-order valence-corrected chi connectivity index (χ3v) is 7.18. The van der Waals surface area contributed by atoms with E-state index in [0.29, 0.717) is 36.4 Å². The average molecular weight is 455 g/mol. The molecule has 0 saturated heterocycles. The van der Waals surface area contributed by atoms with Crippen molar-refractivity contribution < 1.29 is 19.1 Å². The molecule has 0 unspecified atom stereocenters. The van der Waals surface area contributed by atoms with E-state index < -0.39 is 17.8 Å². The fourth-order valence-corrected chi connectivity index (χ4v) is 5.37. The molecule has 2 atom stereocenters. The van der Waals surface area contributed by atoms with Gasteiger partial charge in [-0.1, -0.05) is 13.8 Å². The normalized spacial score (nSPS) is 24.1. The van der Waals surface area contributed by atoms with Crippen LogP contribution in [-0.4, -0.2) is 38.7 Å². The van der Waals surface area contributed by atoms with E-state index in [1.807, 2.05) is 0 Å². The maximum absolute atomic E-state index is 15.2. The summed E-state index contributed by atoms with van der Waals surface area (Å²) in [6.45, 7) is 4.11. The Labute approximate surface area is 192 Å². The van der Waals surface area contributed by atoms with Gasteiger partial charge in [0.05, 0.1) is 46.0 Å². The summed E-state index contributed by atoms with van der Waals surface area (Å²) in [6.07, 6.45) is 5.79. The zero-order chi connectivity index (χ0) is 23.5. The molecule has 2 fully saturated rings. The van der Waals surface area contributed by atoms with Crippen molar-refractivity contribution in [1.82, 2.24) is 9.78 Å². The van der Waals surface area contributed by atoms with Crippen LogP contribution >= 0.6 is 0 Å². The van der Waals surface area contributed by atoms with Crippen LogP contribution < -0.4 is 11.1 Å². The summed E-state index contributed by atoms with van der Waals surface area (Å²) in [5.74, 6) is -0.980. The van der Waals surface area contributed by atoms with Gasteiger partial charge in [0.2, 0.25) is 0 Å². The van der Waals surface area contributed by atoms with Gasteiger partial charge >= 0.3 is 0 Å². The highest BCUT2D eigenvalue weighted by Gasteiger charge is 2.38. The van der Waals surface area contributed by atoms with Crippen molar-refractivity contribution in [1.29, 1.82) is 0 Å². The Hall–Kier alpha value is -2.74. The summed E-state index contributed by atoms with van der Waals surface area (Å²) < 4.78 is 16.9. The van der Waals surface area contributed by atoms with E-state index >= 15 is 4.39 Å². The first-order chi connectivity index (χ1) is 15.6. The monoisotopic (exact) mass is 454 g/mol. The number of rotatable bonds is 6. The summed E-state index contributed by atoms with van der Waals surface area (Å²) in [5, 5.41) is 18.2. The first kappa shape index (κ1) is 22.1. The van der Waals surface area contributed by atoms with Gasteiger partial charge in [0.15, 0.2) is 5.78 Å². The van der Waals surface area contributed by atoms with Crippen LogP contribution in [0.5, 0.6) is 0 Å². The number of aliphatic hydroxyl groups excluding tert-OH is 1. The number of carbonyl (C=O) groups is 2. The van der Waals surface area contributed by atoms with Crippen molar-refractivity contribution in [3.63, 3.8) is 0 Å². The molecule has 2 aromatic rings. The molecule has 8 heteroatoms. The summed E-state index contributed by atoms with van der Waals surface area (Å²) in [7, 11) is 0. The third kappa shape index (κ3) is 4.16. The number of carbonyl (C=O) groups excluding carboxylic acids is 2. The molecule has 4 N–H and O–H groups in total. The molecular formula is C25H31FN4O3. The molecule has 1 amide bonds. The maximum Gasteiger partial charge on any atom is 0.253 e. The Morgan fingerprint density at radius 3 is 2.67 bits per heavy atom. The van der Waals surface area contributed by atoms with Gasteiger partial charge in [-0.3, -0.25) is 9.59 Å². The van der Waals surface area contributed by atoms with Gasteiger partial charge in [0.25, 0.3) is 5.91 Å². The van der Waals surface area contributed by atoms with Crippen LogP contribution in [0.3, 0.4) is 0 Å². The van der Waals surface area contributed by atoms with E-state index in [1.165, 1.54) is 6.07 Å². The summed E-state index contributed by atoms with van der Waals surface area (Å²) in [6, 6.07) is 2.64. The van der Waals surface area contributed by atoms with Crippen LogP contribution in [0, 0.1) is 17.2 Å². The van der Waals surface area contributed by atoms with Gasteiger partial charge < -0.3 is 16.2 Å². The number of aromatic nitrogens is 2. The fourth-order valence-electron chi connectivity index (χ4n) is 5.37. The number of Topliss-reactive ketones (excluding diaryl/α,β-unsaturated/α-hetero) is 1. The number of amides is 1. The Morgan fingerprint density at radius 2 is 2.03 bits per heavy atom. The number of benzene rings is 1. The number of fused-ring (bicyclic) bond motifs is 1. The highest BCUT2D eigenvalue weighted by Crippen LogP contribution is 2.40. The van der Waals surface area contributed by atoms with Gasteiger partial charge in [-0.2, -0.15) is 5.10 Å². The number of halogens is 1. The van der Waals surface area contributed by atoms with Crippen molar-refractivity contribution in [2.75, 3.05) is 5.32 Å². The number of primary amides is 1. The molecular weight excluding hydrogens is 423 g/mol. The van der Waals surface area contributed by atoms with E-state index in [4.69, 9.17) is 10.8 Å². The number of nitrogens with one attached hydrogen (secondary N) is 1. The number of nitrogens with zero attached hydrogens (tertiary/aromatic N) is 2. The Bertz CT molecular complexity index is 1140. The second-order valence-corrected chi connectivity index (χ2v) is 10.7. The third-order valence-electron chi connectivity index (χ3n) is 7.18. The topological polar surface area (TPSA) is 110 Å². The molecule has 0 spiro atoms. The number of hydrogen-bond acceptors (Lipinski definition) is 5. The minimum absolute atomic E-state index is 0.0878. The van der Waals surface area contributed by atoms with Crippen LogP contribution in [0.4, 0.5) is 10.1 Å². The molecule has 176 valence electrons. The Morgan fingerprint density at radius 1 is 1.27 bits per heavy atom. The quantitative estimate of drug-likeness (QED) is 0.618. The molecule has 3 aliphatic carbocycles. The minimum atomic E-state index is -0.873. The fraction of sp³-hybridized carbons (Fsp3) is 0.560. The standard InChI is InChI=1S/C25H31FN4O3/c1-25(2)11-19-23(21(32)12-25)18(8-13-6-7-13)29-30(19)14-9-15(26)22(24(27)33)17(10-14)28-16-4-3-5-20(16)31/h9-10,13,16,20,28,31H,3-8,11-12H2,1-2H3,(H2,27,33)/t16-,20-/m0/s1. The summed E-state index contributed by atoms with van der Waals surface area (Å²) in [4.78, 5) is 25.1. The lowest BCUT2D eigenvalue weighted by Gasteiger charge is -2.29. The highest BCUT2D eigenvalue weighted by atomic mass is 19.1. The zero-order valence-corrected chi connectivity index (χ0v) is 19.2. The summed E-state index contributed by atoms with van der Waals surface area (Å²) >= 11 is 0. The zero-order valence-electron chi connectivity index (χ0n) is 19.2. The lowest BCUT2D eigenvalue weighted by atomic mass is 9.75. The van der Waals surface area contributed by atoms with Crippen molar-refractivity contribution in [2.45, 2.75) is 77.4 Å². The highest BCUT2D eigenvalue weighted by molar-refractivity contribution is 6.00. The summed E-state index contributed by atoms with van der Waals surface area (Å²) in [5.41, 5.74) is 8.00. The van der Waals surface area contributed by atoms with Gasteiger partial charge in [0, 0.05) is 12.5 Å². The van der Waals surface area contributed by atoms with E-state index in [1.54, 1.807) is 10.7 Å². The number of hydrogen-bond donors (Lipinski definition) is 3. The van der Waals surface area contributed by atoms with E-state index in [9.17, 15) is 14.7 Å². The van der Waals surface area contributed by atoms with Gasteiger partial charge in [-0.25, -0.2) is 9.07 Å². The predicted octanol–water partition coefficient (Wildman–Crippen LogP) is 3.54. The smallest absolute Gasteiger partial charge is 0.253 e. The van der Waals surface area contributed by atoms with Gasteiger partial charge in [0.1, 0.15) is 5.82 Å². The molecule has 5 rings (SSSR count). The molecule has 33 heavy (non-hydrogen) atoms. The van der Waals surface area contributed by atoms with Crippen LogP contribution in [-0.2, 0) is 12.8 Å². The average Bonchev–Trinajstić information content (AvgIpc) is 3.33. The first-order valence-corrected chi connectivity index (χ1v) is 11.9. The first-order valence-electron chi connectivity index (χ1n) is 11.9. The number of nitrogens with two attached hydrogens (primary N) is 1. The molecule has 7 nitrogen and oxygen atoms in total. The van der Waals surface area contributed by atoms with Crippen molar-refractivity contribution in [3.05, 3.63) is 40.5 Å². The molecule has 2 saturated carbocycles. The van der Waals surface area contributed by atoms with Crippen LogP contribution in [0.2, 0.25) is 0 Å². The number of aliphatic hydroxyl groups is 1. The number of anilines is 1. The SMILES string of the molecule is CC1(C)CC(=O)c2c(CC3CC3)nn(-c3cc(F)c(C(N)=O)c(N[C@H]4CCC[C@@H]4O)c3)c2C1. The molecule has 0 bridgehead atoms. The van der Waals surface area contributed by atoms with Crippen molar-refractivity contribution >= 4 is 17.4 Å². The van der Waals surface area contributed by atoms with Crippen molar-refractivity contribution in [2.24, 2.45) is 17.1 Å². The van der Waals surface area contributed by atoms with Crippen LogP contribution in [0.25, 0.3) is 5.69 Å². The van der Waals surface area contributed by atoms with E-state index in [0.717, 1.165) is 43.5 Å². The predicted molar refractivity (Wildman–Crippen MR) is 122 cm³/mol. The molecule has 3 aliphatic rings. The van der Waals surface area contributed by atoms with Crippen LogP contribution in [0.1, 0.15) is 84.5 Å². The Kier molecular flexibility index (Phi) is 5.31. The largest absolute Gasteiger partial charge is 0.391 e. The van der Waals surface area contributed by atoms with Gasteiger partial charge in [-0.15, -0.1) is 0 Å². The van der Waals surface area contributed by atoms with E-state index in [2.05, 4.69) is 19.2 Å². The second-order valence-electron chi connectivity index (χ2n) is 10.7. The molecule has 0 radical (unpaired) electrons. The second kappa shape index (κ2) is 7.94. The molecule has 0 aliphatic heterocycles. The lowest BCUT2D eigenvalue weighted by molar-refractivity contribution is 0.0909. The molecule has 1 heterocycles. The van der Waals surface area contributed by atoms with E-state index in [-0.39, 0.29) is 28.5 Å². The molecule has 1 aromatic heterocycles. The number of ketones is 1. The van der Waals surface area contributed by atoms with Crippen molar-refractivity contribution in [3.8, 4) is 5.69 Å².